The maximum atomic E-state index is 13.7. The van der Waals surface area contributed by atoms with Gasteiger partial charge in [0.25, 0.3) is 0 Å². The van der Waals surface area contributed by atoms with Crippen LogP contribution >= 0.6 is 0 Å². The average molecular weight is 415 g/mol. The van der Waals surface area contributed by atoms with Crippen molar-refractivity contribution in [2.45, 2.75) is 6.92 Å². The molecule has 2 heterocycles. The molecule has 6 rings (SSSR count). The Balaban J connectivity index is 1.78. The first-order valence-electron chi connectivity index (χ1n) is 10.4. The molecule has 5 nitrogen and oxygen atoms in total. The van der Waals surface area contributed by atoms with Gasteiger partial charge in [0.05, 0.1) is 22.3 Å². The standard InChI is InChI=1S/C27H17N3O2/c1-16-21-22(17-10-4-2-5-11-17)23-24(26(32)20-15-9-8-14-19(20)25(23)31)28-27(21)30(29-16)18-12-6-3-7-13-18/h2-15H,1H3. The molecule has 5 aromatic rings. The van der Waals surface area contributed by atoms with Gasteiger partial charge in [-0.3, -0.25) is 9.59 Å². The number of carbonyl (C=O) groups excluding carboxylic acids is 2. The lowest BCUT2D eigenvalue weighted by molar-refractivity contribution is 0.0976. The number of nitrogens with zero attached hydrogens (tertiary/aromatic N) is 3. The summed E-state index contributed by atoms with van der Waals surface area (Å²) in [5.41, 5.74) is 5.04. The van der Waals surface area contributed by atoms with E-state index in [9.17, 15) is 9.59 Å². The number of carbonyl (C=O) groups is 2. The smallest absolute Gasteiger partial charge is 0.212 e. The van der Waals surface area contributed by atoms with Crippen LogP contribution in [-0.2, 0) is 0 Å². The summed E-state index contributed by atoms with van der Waals surface area (Å²) in [6.45, 7) is 1.91. The molecule has 0 bridgehead atoms. The second-order valence-corrected chi connectivity index (χ2v) is 7.81. The van der Waals surface area contributed by atoms with Crippen molar-refractivity contribution in [1.29, 1.82) is 0 Å². The number of rotatable bonds is 2. The van der Waals surface area contributed by atoms with Crippen molar-refractivity contribution >= 4 is 22.6 Å². The molecule has 0 fully saturated rings. The fourth-order valence-electron chi connectivity index (χ4n) is 4.49. The molecule has 0 spiro atoms. The third-order valence-corrected chi connectivity index (χ3v) is 5.91. The molecule has 2 aromatic heterocycles. The van der Waals surface area contributed by atoms with Crippen LogP contribution in [0.3, 0.4) is 0 Å². The second-order valence-electron chi connectivity index (χ2n) is 7.81. The van der Waals surface area contributed by atoms with E-state index in [2.05, 4.69) is 0 Å². The van der Waals surface area contributed by atoms with Gasteiger partial charge in [-0.05, 0) is 24.6 Å². The summed E-state index contributed by atoms with van der Waals surface area (Å²) in [6.07, 6.45) is 0. The Kier molecular flexibility index (Phi) is 3.92. The van der Waals surface area contributed by atoms with Crippen molar-refractivity contribution in [3.63, 3.8) is 0 Å². The summed E-state index contributed by atoms with van der Waals surface area (Å²) < 4.78 is 1.75. The fourth-order valence-corrected chi connectivity index (χ4v) is 4.49. The summed E-state index contributed by atoms with van der Waals surface area (Å²) in [7, 11) is 0. The SMILES string of the molecule is Cc1nn(-c2ccccc2)c2nc3c(c(-c4ccccc4)c12)C(=O)c1ccccc1C3=O. The van der Waals surface area contributed by atoms with E-state index in [1.165, 1.54) is 0 Å². The molecule has 0 radical (unpaired) electrons. The Morgan fingerprint density at radius 2 is 1.28 bits per heavy atom. The van der Waals surface area contributed by atoms with Gasteiger partial charge in [-0.15, -0.1) is 0 Å². The number of ketones is 2. The van der Waals surface area contributed by atoms with Crippen LogP contribution in [0.1, 0.15) is 37.7 Å². The molecule has 5 heteroatoms. The van der Waals surface area contributed by atoms with Crippen LogP contribution in [0.25, 0.3) is 27.8 Å². The van der Waals surface area contributed by atoms with Crippen molar-refractivity contribution in [2.75, 3.05) is 0 Å². The molecular formula is C27H17N3O2. The van der Waals surface area contributed by atoms with Crippen LogP contribution in [-0.4, -0.2) is 26.3 Å². The Bertz CT molecular complexity index is 1550. The van der Waals surface area contributed by atoms with Gasteiger partial charge < -0.3 is 0 Å². The van der Waals surface area contributed by atoms with Gasteiger partial charge in [0.2, 0.25) is 5.78 Å². The Labute approximate surface area is 184 Å². The molecule has 1 aliphatic rings. The van der Waals surface area contributed by atoms with Crippen molar-refractivity contribution < 1.29 is 9.59 Å². The zero-order valence-electron chi connectivity index (χ0n) is 17.2. The highest BCUT2D eigenvalue weighted by atomic mass is 16.1. The van der Waals surface area contributed by atoms with E-state index >= 15 is 0 Å². The molecule has 0 saturated carbocycles. The van der Waals surface area contributed by atoms with Crippen molar-refractivity contribution in [1.82, 2.24) is 14.8 Å². The largest absolute Gasteiger partial charge is 0.288 e. The summed E-state index contributed by atoms with van der Waals surface area (Å²) in [4.78, 5) is 31.9. The van der Waals surface area contributed by atoms with Crippen LogP contribution in [0, 0.1) is 6.92 Å². The van der Waals surface area contributed by atoms with E-state index in [0.717, 1.165) is 22.3 Å². The zero-order valence-corrected chi connectivity index (χ0v) is 17.2. The maximum absolute atomic E-state index is 13.7. The third kappa shape index (κ3) is 2.51. The first-order chi connectivity index (χ1) is 15.6. The minimum Gasteiger partial charge on any atom is -0.288 e. The Hall–Kier alpha value is -4.38. The first kappa shape index (κ1) is 18.4. The van der Waals surface area contributed by atoms with Crippen LogP contribution < -0.4 is 0 Å². The van der Waals surface area contributed by atoms with Gasteiger partial charge in [-0.2, -0.15) is 5.10 Å². The van der Waals surface area contributed by atoms with Crippen LogP contribution in [0.2, 0.25) is 0 Å². The van der Waals surface area contributed by atoms with E-state index in [1.54, 1.807) is 28.9 Å². The van der Waals surface area contributed by atoms with E-state index in [-0.39, 0.29) is 17.3 Å². The zero-order chi connectivity index (χ0) is 21.8. The first-order valence-corrected chi connectivity index (χ1v) is 10.4. The topological polar surface area (TPSA) is 64.8 Å². The number of para-hydroxylation sites is 1. The molecule has 0 aliphatic heterocycles. The average Bonchev–Trinajstić information content (AvgIpc) is 3.18. The molecule has 1 aliphatic carbocycles. The van der Waals surface area contributed by atoms with E-state index in [4.69, 9.17) is 10.1 Å². The number of pyridine rings is 1. The van der Waals surface area contributed by atoms with E-state index in [0.29, 0.717) is 27.9 Å². The molecule has 0 saturated heterocycles. The third-order valence-electron chi connectivity index (χ3n) is 5.91. The van der Waals surface area contributed by atoms with Gasteiger partial charge in [-0.1, -0.05) is 72.8 Å². The van der Waals surface area contributed by atoms with Gasteiger partial charge >= 0.3 is 0 Å². The van der Waals surface area contributed by atoms with E-state index < -0.39 is 0 Å². The lowest BCUT2D eigenvalue weighted by Gasteiger charge is -2.20. The number of aryl methyl sites for hydroxylation is 1. The highest BCUT2D eigenvalue weighted by Crippen LogP contribution is 2.39. The molecule has 152 valence electrons. The normalized spacial score (nSPS) is 12.7. The minimum atomic E-state index is -0.243. The van der Waals surface area contributed by atoms with Gasteiger partial charge in [0.1, 0.15) is 5.69 Å². The monoisotopic (exact) mass is 415 g/mol. The van der Waals surface area contributed by atoms with Crippen LogP contribution in [0.4, 0.5) is 0 Å². The van der Waals surface area contributed by atoms with E-state index in [1.807, 2.05) is 67.6 Å². The number of hydrogen-bond donors (Lipinski definition) is 0. The molecule has 0 unspecified atom stereocenters. The molecule has 0 N–H and O–H groups in total. The van der Waals surface area contributed by atoms with Crippen molar-refractivity contribution in [2.24, 2.45) is 0 Å². The minimum absolute atomic E-state index is 0.178. The molecule has 32 heavy (non-hydrogen) atoms. The maximum Gasteiger partial charge on any atom is 0.212 e. The lowest BCUT2D eigenvalue weighted by Crippen LogP contribution is -2.23. The lowest BCUT2D eigenvalue weighted by atomic mass is 9.82. The predicted molar refractivity (Wildman–Crippen MR) is 122 cm³/mol. The number of benzene rings is 3. The molecule has 0 atom stereocenters. The van der Waals surface area contributed by atoms with Gasteiger partial charge in [-0.25, -0.2) is 9.67 Å². The summed E-state index contributed by atoms with van der Waals surface area (Å²) in [5, 5.41) is 5.53. The molecule has 3 aromatic carbocycles. The number of aromatic nitrogens is 3. The van der Waals surface area contributed by atoms with Gasteiger partial charge in [0.15, 0.2) is 11.4 Å². The Morgan fingerprint density at radius 3 is 1.97 bits per heavy atom. The molecule has 0 amide bonds. The van der Waals surface area contributed by atoms with Crippen LogP contribution in [0.5, 0.6) is 0 Å². The van der Waals surface area contributed by atoms with Gasteiger partial charge in [0, 0.05) is 16.7 Å². The number of hydrogen-bond acceptors (Lipinski definition) is 4. The molecular weight excluding hydrogens is 398 g/mol. The van der Waals surface area contributed by atoms with Crippen molar-refractivity contribution in [3.05, 3.63) is 113 Å². The highest BCUT2D eigenvalue weighted by molar-refractivity contribution is 6.31. The summed E-state index contributed by atoms with van der Waals surface area (Å²) >= 11 is 0. The summed E-state index contributed by atoms with van der Waals surface area (Å²) in [5.74, 6) is -0.428. The van der Waals surface area contributed by atoms with Crippen molar-refractivity contribution in [3.8, 4) is 16.8 Å². The predicted octanol–water partition coefficient (Wildman–Crippen LogP) is 5.17. The highest BCUT2D eigenvalue weighted by Gasteiger charge is 2.35. The van der Waals surface area contributed by atoms with Crippen LogP contribution in [0.15, 0.2) is 84.9 Å². The summed E-state index contributed by atoms with van der Waals surface area (Å²) in [6, 6.07) is 26.3. The quantitative estimate of drug-likeness (QED) is 0.391. The number of fused-ring (bicyclic) bond motifs is 3. The second kappa shape index (κ2) is 6.82. The Morgan fingerprint density at radius 1 is 0.688 bits per heavy atom. The fraction of sp³-hybridized carbons (Fsp3) is 0.0370.